The Kier molecular flexibility index (Phi) is 10.9. The van der Waals surface area contributed by atoms with Crippen molar-refractivity contribution >= 4 is 29.9 Å². The molecule has 9 heteroatoms. The number of methoxy groups -OCH3 is 2. The molecule has 7 nitrogen and oxygen atoms in total. The lowest BCUT2D eigenvalue weighted by molar-refractivity contribution is 0.354. The van der Waals surface area contributed by atoms with Gasteiger partial charge in [0.1, 0.15) is 12.1 Å². The number of nitrogens with one attached hydrogen (secondary N) is 2. The van der Waals surface area contributed by atoms with Crippen molar-refractivity contribution in [2.24, 2.45) is 4.99 Å². The summed E-state index contributed by atoms with van der Waals surface area (Å²) in [5.41, 5.74) is 2.68. The van der Waals surface area contributed by atoms with Crippen LogP contribution in [-0.2, 0) is 12.8 Å². The number of aliphatic imine (C=N–C) groups is 1. The van der Waals surface area contributed by atoms with Gasteiger partial charge in [-0.1, -0.05) is 6.07 Å². The molecule has 1 heterocycles. The van der Waals surface area contributed by atoms with Crippen LogP contribution in [0.25, 0.3) is 11.5 Å². The Morgan fingerprint density at radius 3 is 2.48 bits per heavy atom. The fourth-order valence-electron chi connectivity index (χ4n) is 3.13. The smallest absolute Gasteiger partial charge is 0.226 e. The van der Waals surface area contributed by atoms with Crippen LogP contribution < -0.4 is 20.1 Å². The number of ether oxygens (including phenoxy) is 2. The molecule has 0 bridgehead atoms. The van der Waals surface area contributed by atoms with Gasteiger partial charge >= 0.3 is 0 Å². The first-order valence-electron chi connectivity index (χ1n) is 10.6. The molecule has 0 aliphatic rings. The van der Waals surface area contributed by atoms with Crippen LogP contribution in [-0.4, -0.2) is 44.8 Å². The molecule has 2 aromatic carbocycles. The molecular formula is C24H30FIN4O3. The molecule has 0 unspecified atom stereocenters. The summed E-state index contributed by atoms with van der Waals surface area (Å²) in [6.45, 7) is 4.07. The van der Waals surface area contributed by atoms with Crippen LogP contribution in [0.1, 0.15) is 18.2 Å². The molecule has 0 atom stereocenters. The van der Waals surface area contributed by atoms with Crippen molar-refractivity contribution < 1.29 is 18.3 Å². The van der Waals surface area contributed by atoms with Gasteiger partial charge in [0.25, 0.3) is 0 Å². The standard InChI is InChI=1S/C24H29FN4O3.HI/c1-4-26-24(27-13-11-17-5-10-21(30-2)22(15-17)31-3)28-14-12-20-16-32-23(29-20)18-6-8-19(25)9-7-18;/h5-10,15-16H,4,11-14H2,1-3H3,(H2,26,27,28);1H. The van der Waals surface area contributed by atoms with Gasteiger partial charge in [0.15, 0.2) is 17.5 Å². The zero-order valence-corrected chi connectivity index (χ0v) is 21.4. The van der Waals surface area contributed by atoms with Crippen LogP contribution in [0.5, 0.6) is 11.5 Å². The van der Waals surface area contributed by atoms with Crippen LogP contribution in [0, 0.1) is 5.82 Å². The number of halogens is 2. The zero-order valence-electron chi connectivity index (χ0n) is 19.1. The van der Waals surface area contributed by atoms with E-state index in [1.807, 2.05) is 25.1 Å². The predicted molar refractivity (Wildman–Crippen MR) is 138 cm³/mol. The molecule has 3 rings (SSSR count). The highest BCUT2D eigenvalue weighted by atomic mass is 127. The van der Waals surface area contributed by atoms with Gasteiger partial charge in [-0.2, -0.15) is 0 Å². The number of oxazole rings is 1. The zero-order chi connectivity index (χ0) is 22.8. The normalized spacial score (nSPS) is 11.0. The largest absolute Gasteiger partial charge is 0.493 e. The van der Waals surface area contributed by atoms with E-state index in [4.69, 9.17) is 13.9 Å². The molecule has 0 fully saturated rings. The quantitative estimate of drug-likeness (QED) is 0.214. The summed E-state index contributed by atoms with van der Waals surface area (Å²) in [5.74, 6) is 2.37. The Morgan fingerprint density at radius 1 is 1.03 bits per heavy atom. The highest BCUT2D eigenvalue weighted by molar-refractivity contribution is 14.0. The molecule has 1 aromatic heterocycles. The molecule has 0 saturated carbocycles. The first kappa shape index (κ1) is 26.4. The summed E-state index contributed by atoms with van der Waals surface area (Å²) in [7, 11) is 3.26. The minimum atomic E-state index is -0.288. The SMILES string of the molecule is CCNC(=NCCc1coc(-c2ccc(F)cc2)n1)NCCc1ccc(OC)c(OC)c1.I. The van der Waals surface area contributed by atoms with Crippen molar-refractivity contribution in [2.75, 3.05) is 33.9 Å². The Labute approximate surface area is 210 Å². The van der Waals surface area contributed by atoms with E-state index < -0.39 is 0 Å². The number of guanidine groups is 1. The lowest BCUT2D eigenvalue weighted by atomic mass is 10.1. The molecule has 0 aliphatic carbocycles. The van der Waals surface area contributed by atoms with Gasteiger partial charge in [-0.15, -0.1) is 24.0 Å². The van der Waals surface area contributed by atoms with Gasteiger partial charge in [0.2, 0.25) is 5.89 Å². The Hall–Kier alpha value is -2.82. The first-order valence-corrected chi connectivity index (χ1v) is 10.6. The van der Waals surface area contributed by atoms with Gasteiger partial charge in [0, 0.05) is 31.6 Å². The summed E-state index contributed by atoms with van der Waals surface area (Å²) in [4.78, 5) is 9.08. The summed E-state index contributed by atoms with van der Waals surface area (Å²) in [6.07, 6.45) is 3.07. The van der Waals surface area contributed by atoms with Crippen molar-refractivity contribution in [3.8, 4) is 23.0 Å². The van der Waals surface area contributed by atoms with Crippen LogP contribution in [0.4, 0.5) is 4.39 Å². The minimum Gasteiger partial charge on any atom is -0.493 e. The van der Waals surface area contributed by atoms with Crippen molar-refractivity contribution in [2.45, 2.75) is 19.8 Å². The number of hydrogen-bond acceptors (Lipinski definition) is 5. The monoisotopic (exact) mass is 568 g/mol. The van der Waals surface area contributed by atoms with E-state index >= 15 is 0 Å². The Balaban J connectivity index is 0.00000385. The van der Waals surface area contributed by atoms with Gasteiger partial charge < -0.3 is 24.5 Å². The molecule has 0 amide bonds. The first-order chi connectivity index (χ1) is 15.6. The summed E-state index contributed by atoms with van der Waals surface area (Å²) < 4.78 is 29.2. The van der Waals surface area contributed by atoms with Crippen LogP contribution in [0.2, 0.25) is 0 Å². The highest BCUT2D eigenvalue weighted by Crippen LogP contribution is 2.27. The Bertz CT molecular complexity index is 1020. The molecule has 178 valence electrons. The van der Waals surface area contributed by atoms with E-state index in [2.05, 4.69) is 20.6 Å². The van der Waals surface area contributed by atoms with Crippen molar-refractivity contribution in [3.05, 3.63) is 65.8 Å². The third-order valence-electron chi connectivity index (χ3n) is 4.78. The average Bonchev–Trinajstić information content (AvgIpc) is 3.28. The van der Waals surface area contributed by atoms with Crippen LogP contribution >= 0.6 is 24.0 Å². The lowest BCUT2D eigenvalue weighted by Crippen LogP contribution is -2.38. The van der Waals surface area contributed by atoms with Crippen LogP contribution in [0.3, 0.4) is 0 Å². The second-order valence-electron chi connectivity index (χ2n) is 7.03. The van der Waals surface area contributed by atoms with E-state index in [0.717, 1.165) is 53.8 Å². The second-order valence-corrected chi connectivity index (χ2v) is 7.03. The third-order valence-corrected chi connectivity index (χ3v) is 4.78. The Morgan fingerprint density at radius 2 is 1.79 bits per heavy atom. The second kappa shape index (κ2) is 13.7. The molecule has 0 saturated heterocycles. The number of nitrogens with zero attached hydrogens (tertiary/aromatic N) is 2. The molecule has 0 spiro atoms. The minimum absolute atomic E-state index is 0. The van der Waals surface area contributed by atoms with Gasteiger partial charge in [-0.05, 0) is 55.3 Å². The molecule has 3 aromatic rings. The molecule has 0 radical (unpaired) electrons. The van der Waals surface area contributed by atoms with E-state index in [-0.39, 0.29) is 29.8 Å². The number of benzene rings is 2. The number of aromatic nitrogens is 1. The van der Waals surface area contributed by atoms with Crippen molar-refractivity contribution in [1.29, 1.82) is 0 Å². The molecule has 2 N–H and O–H groups in total. The summed E-state index contributed by atoms with van der Waals surface area (Å²) in [5, 5.41) is 6.59. The van der Waals surface area contributed by atoms with E-state index in [0.29, 0.717) is 18.9 Å². The van der Waals surface area contributed by atoms with Gasteiger partial charge in [-0.3, -0.25) is 4.99 Å². The molecular weight excluding hydrogens is 538 g/mol. The molecule has 0 aliphatic heterocycles. The fraction of sp³-hybridized carbons (Fsp3) is 0.333. The number of hydrogen-bond donors (Lipinski definition) is 2. The van der Waals surface area contributed by atoms with Crippen molar-refractivity contribution in [3.63, 3.8) is 0 Å². The summed E-state index contributed by atoms with van der Waals surface area (Å²) >= 11 is 0. The maximum atomic E-state index is 13.1. The maximum absolute atomic E-state index is 13.1. The average molecular weight is 568 g/mol. The maximum Gasteiger partial charge on any atom is 0.226 e. The highest BCUT2D eigenvalue weighted by Gasteiger charge is 2.08. The number of rotatable bonds is 10. The lowest BCUT2D eigenvalue weighted by Gasteiger charge is -2.12. The van der Waals surface area contributed by atoms with E-state index in [9.17, 15) is 4.39 Å². The fourth-order valence-corrected chi connectivity index (χ4v) is 3.13. The van der Waals surface area contributed by atoms with E-state index in [1.54, 1.807) is 32.6 Å². The topological polar surface area (TPSA) is 80.9 Å². The van der Waals surface area contributed by atoms with E-state index in [1.165, 1.54) is 12.1 Å². The molecule has 33 heavy (non-hydrogen) atoms. The van der Waals surface area contributed by atoms with Gasteiger partial charge in [0.05, 0.1) is 19.9 Å². The van der Waals surface area contributed by atoms with Crippen molar-refractivity contribution in [1.82, 2.24) is 15.6 Å². The predicted octanol–water partition coefficient (Wildman–Crippen LogP) is 4.46. The van der Waals surface area contributed by atoms with Gasteiger partial charge in [-0.25, -0.2) is 9.37 Å². The summed E-state index contributed by atoms with van der Waals surface area (Å²) in [6, 6.07) is 12.0. The third kappa shape index (κ3) is 7.92. The van der Waals surface area contributed by atoms with Crippen LogP contribution in [0.15, 0.2) is 58.1 Å².